The molecular weight excluding hydrogens is 294 g/mol. The lowest BCUT2D eigenvalue weighted by Crippen LogP contribution is -2.13. The number of aromatic nitrogens is 3. The first-order valence-corrected chi connectivity index (χ1v) is 5.37. The lowest BCUT2D eigenvalue weighted by Gasteiger charge is -2.01. The summed E-state index contributed by atoms with van der Waals surface area (Å²) in [5, 5.41) is 11.5. The highest BCUT2D eigenvalue weighted by Crippen LogP contribution is 2.16. The first-order chi connectivity index (χ1) is 8.59. The Morgan fingerprint density at radius 2 is 2.21 bits per heavy atom. The van der Waals surface area contributed by atoms with Crippen molar-refractivity contribution in [2.45, 2.75) is 6.92 Å². The molecule has 0 fully saturated rings. The van der Waals surface area contributed by atoms with Crippen molar-refractivity contribution in [1.29, 1.82) is 0 Å². The van der Waals surface area contributed by atoms with E-state index in [1.54, 1.807) is 13.0 Å². The summed E-state index contributed by atoms with van der Waals surface area (Å²) in [4.78, 5) is 0. The Bertz CT molecular complexity index is 577. The van der Waals surface area contributed by atoms with Crippen molar-refractivity contribution in [2.75, 3.05) is 11.3 Å². The topological polar surface area (TPSA) is 81.1 Å². The minimum Gasteiger partial charge on any atom is -0.335 e. The van der Waals surface area contributed by atoms with E-state index >= 15 is 0 Å². The molecule has 0 saturated carbocycles. The van der Waals surface area contributed by atoms with Crippen molar-refractivity contribution in [3.05, 3.63) is 40.4 Å². The van der Waals surface area contributed by atoms with Gasteiger partial charge < -0.3 is 5.84 Å². The third-order valence-corrected chi connectivity index (χ3v) is 2.55. The number of benzene rings is 1. The molecule has 1 heterocycles. The Kier molecular flexibility index (Phi) is 5.08. The molecule has 0 bridgehead atoms. The second-order valence-corrected chi connectivity index (χ2v) is 3.85. The second kappa shape index (κ2) is 6.35. The van der Waals surface area contributed by atoms with Gasteiger partial charge in [-0.2, -0.15) is 5.10 Å². The highest BCUT2D eigenvalue weighted by molar-refractivity contribution is 6.33. The van der Waals surface area contributed by atoms with E-state index in [4.69, 9.17) is 17.4 Å². The molecule has 0 spiro atoms. The summed E-state index contributed by atoms with van der Waals surface area (Å²) < 4.78 is 14.6. The van der Waals surface area contributed by atoms with Gasteiger partial charge in [-0.15, -0.1) is 22.6 Å². The van der Waals surface area contributed by atoms with E-state index in [2.05, 4.69) is 20.7 Å². The monoisotopic (exact) mass is 304 g/mol. The minimum atomic E-state index is -0.460. The van der Waals surface area contributed by atoms with E-state index in [0.717, 1.165) is 0 Å². The molecule has 0 unspecified atom stereocenters. The second-order valence-electron chi connectivity index (χ2n) is 3.45. The number of hydrazone groups is 1. The molecular formula is C10H11Cl2FN6. The fraction of sp³-hybridized carbons (Fsp3) is 0.100. The summed E-state index contributed by atoms with van der Waals surface area (Å²) >= 11 is 5.83. The number of hydrogen-bond donors (Lipinski definition) is 2. The van der Waals surface area contributed by atoms with Crippen LogP contribution >= 0.6 is 24.0 Å². The molecule has 0 aliphatic carbocycles. The van der Waals surface area contributed by atoms with Crippen LogP contribution in [-0.2, 0) is 0 Å². The predicted octanol–water partition coefficient (Wildman–Crippen LogP) is 1.96. The van der Waals surface area contributed by atoms with E-state index in [0.29, 0.717) is 5.82 Å². The normalized spacial score (nSPS) is 10.5. The SMILES string of the molecule is Cc1nnc(NN=Cc2c(F)cccc2Cl)n1N.Cl. The van der Waals surface area contributed by atoms with Crippen molar-refractivity contribution >= 4 is 36.2 Å². The summed E-state index contributed by atoms with van der Waals surface area (Å²) in [5.74, 6) is 5.91. The first kappa shape index (κ1) is 15.2. The molecule has 102 valence electrons. The van der Waals surface area contributed by atoms with Crippen LogP contribution in [0.5, 0.6) is 0 Å². The van der Waals surface area contributed by atoms with Crippen molar-refractivity contribution in [2.24, 2.45) is 5.10 Å². The molecule has 0 amide bonds. The predicted molar refractivity (Wildman–Crippen MR) is 74.8 cm³/mol. The van der Waals surface area contributed by atoms with Crippen LogP contribution in [0.2, 0.25) is 5.02 Å². The van der Waals surface area contributed by atoms with Crippen LogP contribution in [0, 0.1) is 12.7 Å². The van der Waals surface area contributed by atoms with Crippen LogP contribution in [0.4, 0.5) is 10.3 Å². The van der Waals surface area contributed by atoms with Gasteiger partial charge in [-0.05, 0) is 19.1 Å². The maximum Gasteiger partial charge on any atom is 0.263 e. The van der Waals surface area contributed by atoms with Crippen LogP contribution in [-0.4, -0.2) is 21.1 Å². The van der Waals surface area contributed by atoms with Crippen LogP contribution in [0.3, 0.4) is 0 Å². The molecule has 1 aromatic carbocycles. The standard InChI is InChI=1S/C10H10ClFN6.ClH/c1-6-15-17-10(18(6)13)16-14-5-7-8(11)3-2-4-9(7)12;/h2-5H,13H2,1H3,(H,16,17);1H. The molecule has 1 aromatic heterocycles. The third-order valence-electron chi connectivity index (χ3n) is 2.22. The maximum absolute atomic E-state index is 13.4. The van der Waals surface area contributed by atoms with Gasteiger partial charge in [0.05, 0.1) is 11.2 Å². The van der Waals surface area contributed by atoms with E-state index in [-0.39, 0.29) is 28.9 Å². The molecule has 3 N–H and O–H groups in total. The highest BCUT2D eigenvalue weighted by atomic mass is 35.5. The van der Waals surface area contributed by atoms with Crippen LogP contribution in [0.25, 0.3) is 0 Å². The molecule has 0 aliphatic rings. The summed E-state index contributed by atoms with van der Waals surface area (Å²) in [7, 11) is 0. The number of nitrogens with one attached hydrogen (secondary N) is 1. The van der Waals surface area contributed by atoms with E-state index in [9.17, 15) is 4.39 Å². The summed E-state index contributed by atoms with van der Waals surface area (Å²) in [6.07, 6.45) is 1.25. The van der Waals surface area contributed by atoms with E-state index in [1.807, 2.05) is 0 Å². The van der Waals surface area contributed by atoms with Gasteiger partial charge in [0.25, 0.3) is 5.95 Å². The zero-order chi connectivity index (χ0) is 13.1. The number of aryl methyl sites for hydroxylation is 1. The Morgan fingerprint density at radius 3 is 2.79 bits per heavy atom. The zero-order valence-corrected chi connectivity index (χ0v) is 11.4. The molecule has 2 aromatic rings. The third kappa shape index (κ3) is 3.33. The van der Waals surface area contributed by atoms with Crippen LogP contribution < -0.4 is 11.3 Å². The number of hydrogen-bond acceptors (Lipinski definition) is 5. The molecule has 2 rings (SSSR count). The largest absolute Gasteiger partial charge is 0.335 e. The molecule has 19 heavy (non-hydrogen) atoms. The van der Waals surface area contributed by atoms with Crippen molar-refractivity contribution < 1.29 is 4.39 Å². The fourth-order valence-electron chi connectivity index (χ4n) is 1.23. The van der Waals surface area contributed by atoms with Crippen molar-refractivity contribution in [3.63, 3.8) is 0 Å². The number of rotatable bonds is 3. The molecule has 6 nitrogen and oxygen atoms in total. The highest BCUT2D eigenvalue weighted by Gasteiger charge is 2.05. The molecule has 0 atom stereocenters. The first-order valence-electron chi connectivity index (χ1n) is 5.00. The van der Waals surface area contributed by atoms with E-state index < -0.39 is 5.82 Å². The number of halogens is 3. The molecule has 0 saturated heterocycles. The molecule has 9 heteroatoms. The van der Waals surface area contributed by atoms with Gasteiger partial charge in [-0.25, -0.2) is 14.5 Å². The van der Waals surface area contributed by atoms with Crippen molar-refractivity contribution in [3.8, 4) is 0 Å². The summed E-state index contributed by atoms with van der Waals surface area (Å²) in [6.45, 7) is 1.69. The van der Waals surface area contributed by atoms with Crippen molar-refractivity contribution in [1.82, 2.24) is 14.9 Å². The van der Waals surface area contributed by atoms with Gasteiger partial charge in [-0.3, -0.25) is 0 Å². The lowest BCUT2D eigenvalue weighted by molar-refractivity contribution is 0.626. The number of nitrogen functional groups attached to an aromatic ring is 1. The quantitative estimate of drug-likeness (QED) is 0.516. The molecule has 0 aliphatic heterocycles. The summed E-state index contributed by atoms with van der Waals surface area (Å²) in [6, 6.07) is 4.38. The van der Waals surface area contributed by atoms with Crippen LogP contribution in [0.1, 0.15) is 11.4 Å². The average molecular weight is 305 g/mol. The lowest BCUT2D eigenvalue weighted by atomic mass is 10.2. The fourth-order valence-corrected chi connectivity index (χ4v) is 1.45. The maximum atomic E-state index is 13.4. The van der Waals surface area contributed by atoms with Gasteiger partial charge in [0, 0.05) is 5.56 Å². The van der Waals surface area contributed by atoms with E-state index in [1.165, 1.54) is 23.0 Å². The number of nitrogens with zero attached hydrogens (tertiary/aromatic N) is 4. The minimum absolute atomic E-state index is 0. The number of anilines is 1. The zero-order valence-electron chi connectivity index (χ0n) is 9.84. The Hall–Kier alpha value is -1.86. The van der Waals surface area contributed by atoms with Gasteiger partial charge in [0.15, 0.2) is 5.82 Å². The average Bonchev–Trinajstić information content (AvgIpc) is 2.65. The Morgan fingerprint density at radius 1 is 1.47 bits per heavy atom. The molecule has 0 radical (unpaired) electrons. The van der Waals surface area contributed by atoms with Gasteiger partial charge in [0.2, 0.25) is 0 Å². The van der Waals surface area contributed by atoms with Gasteiger partial charge >= 0.3 is 0 Å². The van der Waals surface area contributed by atoms with Gasteiger partial charge in [0.1, 0.15) is 5.82 Å². The van der Waals surface area contributed by atoms with Crippen LogP contribution in [0.15, 0.2) is 23.3 Å². The Labute approximate surface area is 119 Å². The Balaban J connectivity index is 0.00000180. The van der Waals surface area contributed by atoms with Gasteiger partial charge in [-0.1, -0.05) is 17.7 Å². The number of nitrogens with two attached hydrogens (primary N) is 1. The smallest absolute Gasteiger partial charge is 0.263 e. The summed E-state index contributed by atoms with van der Waals surface area (Å²) in [5.41, 5.74) is 2.73.